The lowest BCUT2D eigenvalue weighted by molar-refractivity contribution is -0.266. The maximum atomic E-state index is 11.6. The van der Waals surface area contributed by atoms with E-state index in [1.807, 2.05) is 73.7 Å². The second-order valence-corrected chi connectivity index (χ2v) is 7.19. The van der Waals surface area contributed by atoms with Crippen molar-refractivity contribution in [3.05, 3.63) is 84.4 Å². The van der Waals surface area contributed by atoms with E-state index in [0.717, 1.165) is 23.8 Å². The summed E-state index contributed by atoms with van der Waals surface area (Å²) in [6.45, 7) is 6.39. The molecule has 5 atom stereocenters. The van der Waals surface area contributed by atoms with Crippen LogP contribution in [0.2, 0.25) is 0 Å². The highest BCUT2D eigenvalue weighted by atomic mass is 16.7. The Morgan fingerprint density at radius 1 is 1.07 bits per heavy atom. The fourth-order valence-corrected chi connectivity index (χ4v) is 3.45. The summed E-state index contributed by atoms with van der Waals surface area (Å²) in [4.78, 5) is 11.6. The number of ether oxygens (including phenoxy) is 3. The first kappa shape index (κ1) is 20.5. The van der Waals surface area contributed by atoms with Crippen LogP contribution in [-0.2, 0) is 25.6 Å². The molecule has 0 spiro atoms. The summed E-state index contributed by atoms with van der Waals surface area (Å²) in [6.07, 6.45) is 2.93. The second-order valence-electron chi connectivity index (χ2n) is 7.19. The molecule has 0 radical (unpaired) electrons. The molecule has 2 aromatic rings. The van der Waals surface area contributed by atoms with Crippen LogP contribution in [0.15, 0.2) is 73.3 Å². The van der Waals surface area contributed by atoms with E-state index in [1.54, 1.807) is 0 Å². The Hall–Kier alpha value is -2.27. The van der Waals surface area contributed by atoms with Crippen molar-refractivity contribution in [3.8, 4) is 0 Å². The van der Waals surface area contributed by atoms with Gasteiger partial charge in [-0.1, -0.05) is 73.7 Å². The van der Waals surface area contributed by atoms with Crippen LogP contribution in [0, 0.1) is 5.92 Å². The zero-order chi connectivity index (χ0) is 19.8. The molecule has 2 aromatic carbocycles. The Morgan fingerprint density at radius 3 is 2.39 bits per heavy atom. The van der Waals surface area contributed by atoms with E-state index >= 15 is 0 Å². The number of carbonyl (C=O) groups excluding carboxylic acids is 1. The molecule has 0 unspecified atom stereocenters. The molecule has 1 heterocycles. The third kappa shape index (κ3) is 5.38. The average molecular weight is 380 g/mol. The number of hydrogen-bond acceptors (Lipinski definition) is 4. The number of benzene rings is 2. The minimum atomic E-state index is -0.545. The van der Waals surface area contributed by atoms with Gasteiger partial charge in [-0.05, 0) is 12.0 Å². The van der Waals surface area contributed by atoms with E-state index in [9.17, 15) is 4.79 Å². The normalized spacial score (nSPS) is 25.8. The summed E-state index contributed by atoms with van der Waals surface area (Å²) in [5, 5.41) is 0. The van der Waals surface area contributed by atoms with Crippen LogP contribution in [0.25, 0.3) is 0 Å². The van der Waals surface area contributed by atoms with Crippen LogP contribution in [-0.4, -0.2) is 24.6 Å². The fraction of sp³-hybridized carbons (Fsp3) is 0.375. The van der Waals surface area contributed by atoms with Gasteiger partial charge in [-0.15, -0.1) is 6.58 Å². The molecule has 0 saturated carbocycles. The van der Waals surface area contributed by atoms with Crippen molar-refractivity contribution < 1.29 is 19.0 Å². The van der Waals surface area contributed by atoms with Gasteiger partial charge in [-0.25, -0.2) is 0 Å². The predicted octanol–water partition coefficient (Wildman–Crippen LogP) is 4.86. The third-order valence-electron chi connectivity index (χ3n) is 5.14. The highest BCUT2D eigenvalue weighted by Gasteiger charge is 2.38. The van der Waals surface area contributed by atoms with E-state index in [2.05, 4.69) is 6.58 Å². The van der Waals surface area contributed by atoms with Gasteiger partial charge >= 0.3 is 0 Å². The largest absolute Gasteiger partial charge is 0.373 e. The van der Waals surface area contributed by atoms with Crippen molar-refractivity contribution in [1.29, 1.82) is 0 Å². The van der Waals surface area contributed by atoms with Gasteiger partial charge in [-0.2, -0.15) is 0 Å². The first-order chi connectivity index (χ1) is 13.7. The average Bonchev–Trinajstić information content (AvgIpc) is 2.75. The van der Waals surface area contributed by atoms with Crippen molar-refractivity contribution in [2.24, 2.45) is 5.92 Å². The quantitative estimate of drug-likeness (QED) is 0.460. The van der Waals surface area contributed by atoms with Crippen LogP contribution >= 0.6 is 0 Å². The summed E-state index contributed by atoms with van der Waals surface area (Å²) < 4.78 is 18.3. The summed E-state index contributed by atoms with van der Waals surface area (Å²) in [5.41, 5.74) is 2.04. The lowest BCUT2D eigenvalue weighted by Crippen LogP contribution is -2.44. The van der Waals surface area contributed by atoms with Gasteiger partial charge < -0.3 is 19.0 Å². The highest BCUT2D eigenvalue weighted by Crippen LogP contribution is 2.35. The first-order valence-corrected chi connectivity index (χ1v) is 9.79. The van der Waals surface area contributed by atoms with Crippen molar-refractivity contribution in [2.45, 2.75) is 51.0 Å². The number of aldehydes is 1. The molecule has 148 valence electrons. The van der Waals surface area contributed by atoms with Crippen molar-refractivity contribution >= 4 is 6.29 Å². The van der Waals surface area contributed by atoms with Crippen molar-refractivity contribution in [3.63, 3.8) is 0 Å². The molecule has 0 amide bonds. The molecule has 1 aliphatic rings. The number of carbonyl (C=O) groups is 1. The smallest absolute Gasteiger partial charge is 0.185 e. The van der Waals surface area contributed by atoms with Crippen LogP contribution in [0.1, 0.15) is 37.2 Å². The van der Waals surface area contributed by atoms with Gasteiger partial charge in [0.1, 0.15) is 12.4 Å². The molecule has 0 bridgehead atoms. The number of hydrogen-bond donors (Lipinski definition) is 0. The Bertz CT molecular complexity index is 731. The van der Waals surface area contributed by atoms with Crippen LogP contribution in [0.4, 0.5) is 0 Å². The zero-order valence-electron chi connectivity index (χ0n) is 16.3. The molecule has 4 nitrogen and oxygen atoms in total. The van der Waals surface area contributed by atoms with E-state index < -0.39 is 12.4 Å². The molecule has 1 fully saturated rings. The SMILES string of the molecule is C=CC[C@H](C[C@@H]1O[C@H](c2ccccc2)O[C@H](C=O)[C@H]1C)OCc1ccccc1. The van der Waals surface area contributed by atoms with Gasteiger partial charge in [0, 0.05) is 17.9 Å². The van der Waals surface area contributed by atoms with Crippen LogP contribution in [0.5, 0.6) is 0 Å². The Morgan fingerprint density at radius 2 is 1.75 bits per heavy atom. The minimum Gasteiger partial charge on any atom is -0.373 e. The van der Waals surface area contributed by atoms with E-state index in [0.29, 0.717) is 13.0 Å². The molecule has 1 saturated heterocycles. The third-order valence-corrected chi connectivity index (χ3v) is 5.14. The Kier molecular flexibility index (Phi) is 7.54. The molecular weight excluding hydrogens is 352 g/mol. The Labute approximate surface area is 167 Å². The highest BCUT2D eigenvalue weighted by molar-refractivity contribution is 5.57. The summed E-state index contributed by atoms with van der Waals surface area (Å²) >= 11 is 0. The summed E-state index contributed by atoms with van der Waals surface area (Å²) in [6, 6.07) is 19.8. The van der Waals surface area contributed by atoms with E-state index in [4.69, 9.17) is 14.2 Å². The predicted molar refractivity (Wildman–Crippen MR) is 109 cm³/mol. The molecule has 0 N–H and O–H groups in total. The summed E-state index contributed by atoms with van der Waals surface area (Å²) in [7, 11) is 0. The second kappa shape index (κ2) is 10.3. The molecular formula is C24H28O4. The van der Waals surface area contributed by atoms with E-state index in [-0.39, 0.29) is 18.1 Å². The summed E-state index contributed by atoms with van der Waals surface area (Å²) in [5.74, 6) is -0.0508. The molecule has 3 rings (SSSR count). The van der Waals surface area contributed by atoms with Gasteiger partial charge in [0.15, 0.2) is 6.29 Å². The van der Waals surface area contributed by atoms with E-state index in [1.165, 1.54) is 0 Å². The van der Waals surface area contributed by atoms with Crippen LogP contribution < -0.4 is 0 Å². The van der Waals surface area contributed by atoms with Gasteiger partial charge in [-0.3, -0.25) is 0 Å². The molecule has 4 heteroatoms. The topological polar surface area (TPSA) is 44.8 Å². The monoisotopic (exact) mass is 380 g/mol. The first-order valence-electron chi connectivity index (χ1n) is 9.79. The minimum absolute atomic E-state index is 0.0352. The van der Waals surface area contributed by atoms with Crippen molar-refractivity contribution in [2.75, 3.05) is 0 Å². The lowest BCUT2D eigenvalue weighted by atomic mass is 9.92. The molecule has 28 heavy (non-hydrogen) atoms. The van der Waals surface area contributed by atoms with Gasteiger partial charge in [0.05, 0.1) is 18.8 Å². The molecule has 0 aromatic heterocycles. The van der Waals surface area contributed by atoms with Gasteiger partial charge in [0.2, 0.25) is 0 Å². The molecule has 0 aliphatic carbocycles. The van der Waals surface area contributed by atoms with Crippen LogP contribution in [0.3, 0.4) is 0 Å². The fourth-order valence-electron chi connectivity index (χ4n) is 3.45. The zero-order valence-corrected chi connectivity index (χ0v) is 16.3. The standard InChI is InChI=1S/C24H28O4/c1-3-10-21(26-17-19-11-6-4-7-12-19)15-22-18(2)23(16-25)28-24(27-22)20-13-8-5-9-14-20/h3-9,11-14,16,18,21-24H,1,10,15,17H2,2H3/t18-,21+,22-,23+,24-/m0/s1. The Balaban J connectivity index is 1.68. The molecule has 1 aliphatic heterocycles. The number of rotatable bonds is 9. The van der Waals surface area contributed by atoms with Gasteiger partial charge in [0.25, 0.3) is 0 Å². The maximum Gasteiger partial charge on any atom is 0.185 e. The van der Waals surface area contributed by atoms with Crippen molar-refractivity contribution in [1.82, 2.24) is 0 Å². The maximum absolute atomic E-state index is 11.6. The lowest BCUT2D eigenvalue weighted by Gasteiger charge is -2.40.